The highest BCUT2D eigenvalue weighted by Gasteiger charge is 2.39. The van der Waals surface area contributed by atoms with Crippen LogP contribution < -0.4 is 0 Å². The maximum atomic E-state index is 10.0. The van der Waals surface area contributed by atoms with Gasteiger partial charge in [0.2, 0.25) is 0 Å². The standard InChI is InChI=1S/C13H22O2/c1-5-12(3,4)11(14)15-13(6-2)9-7-8-10-13/h2,11,14H,5,7-10H2,1,3-4H3. The minimum atomic E-state index is -0.767. The van der Waals surface area contributed by atoms with Crippen molar-refractivity contribution in [2.24, 2.45) is 5.41 Å². The number of ether oxygens (including phenoxy) is 1. The highest BCUT2D eigenvalue weighted by atomic mass is 16.6. The van der Waals surface area contributed by atoms with E-state index in [2.05, 4.69) is 5.92 Å². The van der Waals surface area contributed by atoms with E-state index in [1.165, 1.54) is 0 Å². The van der Waals surface area contributed by atoms with Crippen LogP contribution in [0.5, 0.6) is 0 Å². The third kappa shape index (κ3) is 2.74. The molecule has 1 N–H and O–H groups in total. The lowest BCUT2D eigenvalue weighted by Crippen LogP contribution is -2.40. The molecule has 1 saturated carbocycles. The fraction of sp³-hybridized carbons (Fsp3) is 0.846. The molecular weight excluding hydrogens is 188 g/mol. The van der Waals surface area contributed by atoms with E-state index in [-0.39, 0.29) is 5.41 Å². The van der Waals surface area contributed by atoms with Gasteiger partial charge in [-0.3, -0.25) is 0 Å². The van der Waals surface area contributed by atoms with E-state index < -0.39 is 11.9 Å². The Labute approximate surface area is 93.0 Å². The van der Waals surface area contributed by atoms with Crippen molar-refractivity contribution >= 4 is 0 Å². The molecule has 0 spiro atoms. The van der Waals surface area contributed by atoms with E-state index in [9.17, 15) is 5.11 Å². The molecule has 86 valence electrons. The van der Waals surface area contributed by atoms with Gasteiger partial charge in [-0.05, 0) is 32.1 Å². The molecule has 0 heterocycles. The third-order valence-corrected chi connectivity index (χ3v) is 3.59. The van der Waals surface area contributed by atoms with Gasteiger partial charge < -0.3 is 9.84 Å². The predicted octanol–water partition coefficient (Wildman–Crippen LogP) is 2.70. The molecule has 0 saturated heterocycles. The molecule has 0 aromatic rings. The van der Waals surface area contributed by atoms with E-state index >= 15 is 0 Å². The van der Waals surface area contributed by atoms with Gasteiger partial charge in [-0.2, -0.15) is 0 Å². The van der Waals surface area contributed by atoms with Gasteiger partial charge in [-0.1, -0.05) is 26.7 Å². The number of terminal acetylenes is 1. The van der Waals surface area contributed by atoms with Crippen LogP contribution in [0.2, 0.25) is 0 Å². The Morgan fingerprint density at radius 1 is 1.47 bits per heavy atom. The average molecular weight is 210 g/mol. The molecule has 1 aliphatic carbocycles. The van der Waals surface area contributed by atoms with Gasteiger partial charge in [0.15, 0.2) is 6.29 Å². The van der Waals surface area contributed by atoms with Gasteiger partial charge in [-0.15, -0.1) is 6.42 Å². The topological polar surface area (TPSA) is 29.5 Å². The highest BCUT2D eigenvalue weighted by molar-refractivity contribution is 5.11. The minimum absolute atomic E-state index is 0.230. The van der Waals surface area contributed by atoms with Crippen LogP contribution >= 0.6 is 0 Å². The molecule has 0 bridgehead atoms. The normalized spacial score (nSPS) is 22.3. The zero-order valence-corrected chi connectivity index (χ0v) is 10.0. The maximum Gasteiger partial charge on any atom is 0.161 e. The first-order chi connectivity index (χ1) is 6.96. The van der Waals surface area contributed by atoms with Crippen LogP contribution in [0, 0.1) is 17.8 Å². The lowest BCUT2D eigenvalue weighted by atomic mass is 9.89. The quantitative estimate of drug-likeness (QED) is 0.571. The molecular formula is C13H22O2. The first-order valence-corrected chi connectivity index (χ1v) is 5.79. The van der Waals surface area contributed by atoms with Gasteiger partial charge in [0.25, 0.3) is 0 Å². The van der Waals surface area contributed by atoms with Gasteiger partial charge in [0.05, 0.1) is 0 Å². The van der Waals surface area contributed by atoms with Crippen molar-refractivity contribution in [2.75, 3.05) is 0 Å². The second-order valence-corrected chi connectivity index (χ2v) is 5.16. The summed E-state index contributed by atoms with van der Waals surface area (Å²) in [6, 6.07) is 0. The van der Waals surface area contributed by atoms with Crippen molar-refractivity contribution < 1.29 is 9.84 Å². The van der Waals surface area contributed by atoms with Crippen molar-refractivity contribution in [3.8, 4) is 12.3 Å². The Morgan fingerprint density at radius 2 is 2.00 bits per heavy atom. The zero-order valence-electron chi connectivity index (χ0n) is 10.0. The van der Waals surface area contributed by atoms with E-state index in [1.807, 2.05) is 20.8 Å². The summed E-state index contributed by atoms with van der Waals surface area (Å²) in [5, 5.41) is 10.0. The second kappa shape index (κ2) is 4.55. The number of rotatable bonds is 4. The van der Waals surface area contributed by atoms with E-state index in [0.717, 1.165) is 32.1 Å². The third-order valence-electron chi connectivity index (χ3n) is 3.59. The van der Waals surface area contributed by atoms with E-state index in [4.69, 9.17) is 11.2 Å². The van der Waals surface area contributed by atoms with Crippen LogP contribution in [0.15, 0.2) is 0 Å². The lowest BCUT2D eigenvalue weighted by Gasteiger charge is -2.35. The number of hydrogen-bond acceptors (Lipinski definition) is 2. The van der Waals surface area contributed by atoms with Crippen LogP contribution in [0.25, 0.3) is 0 Å². The van der Waals surface area contributed by atoms with Crippen LogP contribution in [0.4, 0.5) is 0 Å². The summed E-state index contributed by atoms with van der Waals surface area (Å²) in [6.07, 6.45) is 9.57. The Balaban J connectivity index is 2.64. The summed E-state index contributed by atoms with van der Waals surface area (Å²) in [7, 11) is 0. The maximum absolute atomic E-state index is 10.0. The van der Waals surface area contributed by atoms with Gasteiger partial charge in [0, 0.05) is 5.41 Å². The van der Waals surface area contributed by atoms with Crippen LogP contribution in [0.3, 0.4) is 0 Å². The van der Waals surface area contributed by atoms with E-state index in [0.29, 0.717) is 0 Å². The number of aliphatic hydroxyl groups excluding tert-OH is 1. The Kier molecular flexibility index (Phi) is 3.81. The molecule has 1 unspecified atom stereocenters. The van der Waals surface area contributed by atoms with Gasteiger partial charge in [0.1, 0.15) is 5.60 Å². The van der Waals surface area contributed by atoms with Crippen molar-refractivity contribution in [3.63, 3.8) is 0 Å². The summed E-state index contributed by atoms with van der Waals surface area (Å²) in [5.74, 6) is 2.72. The van der Waals surface area contributed by atoms with Crippen LogP contribution in [0.1, 0.15) is 52.9 Å². The molecule has 1 rings (SSSR count). The molecule has 0 aromatic carbocycles. The fourth-order valence-corrected chi connectivity index (χ4v) is 1.79. The molecule has 0 aromatic heterocycles. The summed E-state index contributed by atoms with van der Waals surface area (Å²) in [6.45, 7) is 6.04. The fourth-order valence-electron chi connectivity index (χ4n) is 1.79. The highest BCUT2D eigenvalue weighted by Crippen LogP contribution is 2.37. The Hall–Kier alpha value is -0.520. The summed E-state index contributed by atoms with van der Waals surface area (Å²) < 4.78 is 5.72. The molecule has 1 aliphatic rings. The van der Waals surface area contributed by atoms with Gasteiger partial charge in [-0.25, -0.2) is 0 Å². The summed E-state index contributed by atoms with van der Waals surface area (Å²) in [5.41, 5.74) is -0.738. The Bertz CT molecular complexity index is 244. The van der Waals surface area contributed by atoms with Crippen molar-refractivity contribution in [1.82, 2.24) is 0 Å². The van der Waals surface area contributed by atoms with Crippen molar-refractivity contribution in [1.29, 1.82) is 0 Å². The average Bonchev–Trinajstić information content (AvgIpc) is 2.67. The second-order valence-electron chi connectivity index (χ2n) is 5.16. The molecule has 0 radical (unpaired) electrons. The first-order valence-electron chi connectivity index (χ1n) is 5.79. The molecule has 0 aliphatic heterocycles. The van der Waals surface area contributed by atoms with Gasteiger partial charge >= 0.3 is 0 Å². The molecule has 1 fully saturated rings. The molecule has 2 heteroatoms. The first kappa shape index (κ1) is 12.5. The Morgan fingerprint density at radius 3 is 2.40 bits per heavy atom. The smallest absolute Gasteiger partial charge is 0.161 e. The minimum Gasteiger partial charge on any atom is -0.367 e. The molecule has 15 heavy (non-hydrogen) atoms. The molecule has 0 amide bonds. The predicted molar refractivity (Wildman–Crippen MR) is 61.2 cm³/mol. The van der Waals surface area contributed by atoms with Crippen molar-refractivity contribution in [2.45, 2.75) is 64.8 Å². The summed E-state index contributed by atoms with van der Waals surface area (Å²) >= 11 is 0. The monoisotopic (exact) mass is 210 g/mol. The number of aliphatic hydroxyl groups is 1. The van der Waals surface area contributed by atoms with Crippen molar-refractivity contribution in [3.05, 3.63) is 0 Å². The number of hydrogen-bond donors (Lipinski definition) is 1. The molecule has 2 nitrogen and oxygen atoms in total. The van der Waals surface area contributed by atoms with Crippen LogP contribution in [-0.2, 0) is 4.74 Å². The van der Waals surface area contributed by atoms with E-state index in [1.54, 1.807) is 0 Å². The summed E-state index contributed by atoms with van der Waals surface area (Å²) in [4.78, 5) is 0. The SMILES string of the molecule is C#CC1(OC(O)C(C)(C)CC)CCCC1. The largest absolute Gasteiger partial charge is 0.367 e. The zero-order chi connectivity index (χ0) is 11.5. The van der Waals surface area contributed by atoms with Crippen LogP contribution in [-0.4, -0.2) is 17.0 Å². The molecule has 1 atom stereocenters. The lowest BCUT2D eigenvalue weighted by molar-refractivity contribution is -0.212.